The van der Waals surface area contributed by atoms with Gasteiger partial charge in [0.1, 0.15) is 12.4 Å². The summed E-state index contributed by atoms with van der Waals surface area (Å²) >= 11 is 0. The molecular formula is C22H33N3O4. The lowest BCUT2D eigenvalue weighted by Crippen LogP contribution is -2.63. The Labute approximate surface area is 172 Å². The summed E-state index contributed by atoms with van der Waals surface area (Å²) in [6.45, 7) is 5.68. The first-order chi connectivity index (χ1) is 13.9. The van der Waals surface area contributed by atoms with Gasteiger partial charge in [0, 0.05) is 6.54 Å². The molecular weight excluding hydrogens is 370 g/mol. The molecule has 160 valence electrons. The third kappa shape index (κ3) is 5.08. The molecule has 2 aliphatic heterocycles. The molecule has 0 aliphatic carbocycles. The van der Waals surface area contributed by atoms with Gasteiger partial charge in [-0.05, 0) is 43.2 Å². The summed E-state index contributed by atoms with van der Waals surface area (Å²) in [5.41, 5.74) is 6.23. The molecule has 3 rings (SSSR count). The zero-order valence-corrected chi connectivity index (χ0v) is 17.5. The minimum atomic E-state index is -1.02. The quantitative estimate of drug-likeness (QED) is 0.780. The van der Waals surface area contributed by atoms with Crippen molar-refractivity contribution in [2.75, 3.05) is 32.8 Å². The summed E-state index contributed by atoms with van der Waals surface area (Å²) in [5.74, 6) is 0.637. The Morgan fingerprint density at radius 1 is 1.24 bits per heavy atom. The summed E-state index contributed by atoms with van der Waals surface area (Å²) in [4.78, 5) is 27.5. The smallest absolute Gasteiger partial charge is 0.254 e. The van der Waals surface area contributed by atoms with Gasteiger partial charge in [0.2, 0.25) is 5.91 Å². The van der Waals surface area contributed by atoms with Crippen LogP contribution in [0.25, 0.3) is 0 Å². The highest BCUT2D eigenvalue weighted by atomic mass is 16.5. The Kier molecular flexibility index (Phi) is 7.14. The van der Waals surface area contributed by atoms with E-state index in [0.717, 1.165) is 25.0 Å². The molecule has 2 amide bonds. The van der Waals surface area contributed by atoms with Gasteiger partial charge in [-0.15, -0.1) is 0 Å². The number of amides is 2. The first-order valence-corrected chi connectivity index (χ1v) is 10.6. The predicted octanol–water partition coefficient (Wildman–Crippen LogP) is 1.49. The number of carbonyl (C=O) groups excluding carboxylic acids is 2. The van der Waals surface area contributed by atoms with Gasteiger partial charge in [-0.3, -0.25) is 9.59 Å². The molecule has 7 heteroatoms. The van der Waals surface area contributed by atoms with Crippen LogP contribution in [0.3, 0.4) is 0 Å². The van der Waals surface area contributed by atoms with Gasteiger partial charge in [-0.25, -0.2) is 0 Å². The van der Waals surface area contributed by atoms with E-state index in [0.29, 0.717) is 32.7 Å². The highest BCUT2D eigenvalue weighted by Crippen LogP contribution is 2.28. The monoisotopic (exact) mass is 403 g/mol. The van der Waals surface area contributed by atoms with Crippen LogP contribution in [-0.2, 0) is 20.7 Å². The third-order valence-electron chi connectivity index (χ3n) is 5.81. The molecule has 2 atom stereocenters. The average Bonchev–Trinajstić information content (AvgIpc) is 2.73. The van der Waals surface area contributed by atoms with Crippen molar-refractivity contribution in [3.8, 4) is 5.75 Å². The molecule has 1 aromatic rings. The summed E-state index contributed by atoms with van der Waals surface area (Å²) < 4.78 is 11.9. The number of ether oxygens (including phenoxy) is 2. The normalized spacial score (nSPS) is 24.7. The van der Waals surface area contributed by atoms with Gasteiger partial charge in [-0.1, -0.05) is 32.0 Å². The predicted molar refractivity (Wildman–Crippen MR) is 111 cm³/mol. The minimum Gasteiger partial charge on any atom is -0.491 e. The van der Waals surface area contributed by atoms with E-state index < -0.39 is 11.6 Å². The number of aryl methyl sites for hydroxylation is 1. The zero-order chi connectivity index (χ0) is 20.9. The van der Waals surface area contributed by atoms with Crippen LogP contribution in [0.5, 0.6) is 5.75 Å². The molecule has 0 radical (unpaired) electrons. The number of hydrogen-bond acceptors (Lipinski definition) is 5. The van der Waals surface area contributed by atoms with Crippen LogP contribution in [-0.4, -0.2) is 61.2 Å². The molecule has 3 N–H and O–H groups in total. The van der Waals surface area contributed by atoms with E-state index in [1.54, 1.807) is 4.90 Å². The van der Waals surface area contributed by atoms with Crippen LogP contribution in [0.2, 0.25) is 0 Å². The number of carbonyl (C=O) groups is 2. The van der Waals surface area contributed by atoms with E-state index >= 15 is 0 Å². The van der Waals surface area contributed by atoms with Crippen LogP contribution in [0.4, 0.5) is 0 Å². The number of nitrogens with one attached hydrogen (secondary N) is 1. The maximum Gasteiger partial charge on any atom is 0.254 e. The summed E-state index contributed by atoms with van der Waals surface area (Å²) in [7, 11) is 0. The highest BCUT2D eigenvalue weighted by molar-refractivity contribution is 5.88. The van der Waals surface area contributed by atoms with Gasteiger partial charge in [0.15, 0.2) is 5.60 Å². The maximum absolute atomic E-state index is 13.1. The van der Waals surface area contributed by atoms with Crippen molar-refractivity contribution in [2.45, 2.75) is 51.2 Å². The largest absolute Gasteiger partial charge is 0.491 e. The van der Waals surface area contributed by atoms with Crippen LogP contribution < -0.4 is 15.8 Å². The second-order valence-electron chi connectivity index (χ2n) is 8.29. The Hall–Kier alpha value is -2.12. The molecule has 2 aliphatic rings. The average molecular weight is 404 g/mol. The van der Waals surface area contributed by atoms with E-state index in [-0.39, 0.29) is 24.3 Å². The van der Waals surface area contributed by atoms with E-state index in [2.05, 4.69) is 11.4 Å². The lowest BCUT2D eigenvalue weighted by Gasteiger charge is -2.42. The van der Waals surface area contributed by atoms with Gasteiger partial charge in [0.25, 0.3) is 5.91 Å². The van der Waals surface area contributed by atoms with Crippen molar-refractivity contribution < 1.29 is 19.1 Å². The molecule has 7 nitrogen and oxygen atoms in total. The summed E-state index contributed by atoms with van der Waals surface area (Å²) in [6, 6.07) is 7.46. The number of para-hydroxylation sites is 1. The number of fused-ring (bicyclic) bond motifs is 1. The number of rotatable bonds is 2. The summed E-state index contributed by atoms with van der Waals surface area (Å²) in [6.07, 6.45) is 3.19. The van der Waals surface area contributed by atoms with Gasteiger partial charge in [0.05, 0.1) is 25.7 Å². The fourth-order valence-corrected chi connectivity index (χ4v) is 3.93. The topological polar surface area (TPSA) is 93.9 Å². The molecule has 0 saturated carbocycles. The molecule has 1 fully saturated rings. The van der Waals surface area contributed by atoms with Crippen LogP contribution in [0, 0.1) is 5.92 Å². The fourth-order valence-electron chi connectivity index (χ4n) is 3.93. The standard InChI is InChI=1S/C22H33N3O4/c1-16(2)19(23)20(26)25-12-14-29-22(15-25)10-6-5-8-17-7-3-4-9-18(17)28-13-11-24-21(22)27/h3-4,7,9,16,19H,5-6,8,10-15,23H2,1-2H3,(H,24,27)/t19-,22?/m1/s1. The molecule has 1 aromatic carbocycles. The number of morpholine rings is 1. The molecule has 29 heavy (non-hydrogen) atoms. The van der Waals surface area contributed by atoms with Crippen LogP contribution >= 0.6 is 0 Å². The number of nitrogens with two attached hydrogens (primary N) is 1. The number of hydrogen-bond donors (Lipinski definition) is 2. The first kappa shape index (κ1) is 21.6. The van der Waals surface area contributed by atoms with Crippen molar-refractivity contribution in [2.24, 2.45) is 11.7 Å². The Balaban J connectivity index is 1.73. The zero-order valence-electron chi connectivity index (χ0n) is 17.5. The SMILES string of the molecule is CC(C)[C@@H](N)C(=O)N1CCOC2(CCCCc3ccccc3OCCNC2=O)C1. The molecule has 2 heterocycles. The molecule has 0 aromatic heterocycles. The van der Waals surface area contributed by atoms with E-state index in [9.17, 15) is 9.59 Å². The van der Waals surface area contributed by atoms with Gasteiger partial charge in [-0.2, -0.15) is 0 Å². The molecule has 1 spiro atoms. The van der Waals surface area contributed by atoms with Crippen molar-refractivity contribution in [3.05, 3.63) is 29.8 Å². The summed E-state index contributed by atoms with van der Waals surface area (Å²) in [5, 5.41) is 2.95. The second kappa shape index (κ2) is 9.59. The lowest BCUT2D eigenvalue weighted by molar-refractivity contribution is -0.168. The number of nitrogens with zero attached hydrogens (tertiary/aromatic N) is 1. The highest BCUT2D eigenvalue weighted by Gasteiger charge is 2.45. The Morgan fingerprint density at radius 3 is 2.83 bits per heavy atom. The van der Waals surface area contributed by atoms with Gasteiger partial charge < -0.3 is 25.4 Å². The van der Waals surface area contributed by atoms with E-state index in [1.165, 1.54) is 5.56 Å². The molecule has 1 unspecified atom stereocenters. The van der Waals surface area contributed by atoms with Crippen LogP contribution in [0.15, 0.2) is 24.3 Å². The van der Waals surface area contributed by atoms with E-state index in [1.807, 2.05) is 32.0 Å². The van der Waals surface area contributed by atoms with Crippen molar-refractivity contribution >= 4 is 11.8 Å². The van der Waals surface area contributed by atoms with Crippen molar-refractivity contribution in [1.82, 2.24) is 10.2 Å². The lowest BCUT2D eigenvalue weighted by atomic mass is 9.91. The van der Waals surface area contributed by atoms with Crippen molar-refractivity contribution in [1.29, 1.82) is 0 Å². The van der Waals surface area contributed by atoms with Gasteiger partial charge >= 0.3 is 0 Å². The number of benzene rings is 1. The van der Waals surface area contributed by atoms with Crippen LogP contribution in [0.1, 0.15) is 38.7 Å². The Bertz CT molecular complexity index is 724. The molecule has 0 bridgehead atoms. The maximum atomic E-state index is 13.1. The van der Waals surface area contributed by atoms with Crippen molar-refractivity contribution in [3.63, 3.8) is 0 Å². The first-order valence-electron chi connectivity index (χ1n) is 10.6. The van der Waals surface area contributed by atoms with E-state index in [4.69, 9.17) is 15.2 Å². The molecule has 1 saturated heterocycles. The second-order valence-corrected chi connectivity index (χ2v) is 8.29. The fraction of sp³-hybridized carbons (Fsp3) is 0.636. The Morgan fingerprint density at radius 2 is 2.03 bits per heavy atom. The third-order valence-corrected chi connectivity index (χ3v) is 5.81. The minimum absolute atomic E-state index is 0.0450.